The summed E-state index contributed by atoms with van der Waals surface area (Å²) in [5.41, 5.74) is 0. The molecule has 0 aromatic rings. The molecule has 19 heavy (non-hydrogen) atoms. The second kappa shape index (κ2) is 9.66. The van der Waals surface area contributed by atoms with Gasteiger partial charge in [-0.2, -0.15) is 17.4 Å². The maximum absolute atomic E-state index is 12.1. The Morgan fingerprint density at radius 1 is 1.32 bits per heavy atom. The zero-order valence-corrected chi connectivity index (χ0v) is 13.6. The van der Waals surface area contributed by atoms with Gasteiger partial charge in [-0.1, -0.05) is 20.8 Å². The first kappa shape index (κ1) is 18.8. The predicted octanol–water partition coefficient (Wildman–Crippen LogP) is 0.423. The summed E-state index contributed by atoms with van der Waals surface area (Å²) >= 11 is 0. The maximum Gasteiger partial charge on any atom is 0.279 e. The van der Waals surface area contributed by atoms with Gasteiger partial charge < -0.3 is 10.1 Å². The number of methoxy groups -OCH3 is 1. The van der Waals surface area contributed by atoms with Gasteiger partial charge >= 0.3 is 0 Å². The molecule has 0 spiro atoms. The molecule has 0 aromatic carbocycles. The highest BCUT2D eigenvalue weighted by Crippen LogP contribution is 2.06. The lowest BCUT2D eigenvalue weighted by Gasteiger charge is -2.25. The molecular formula is C12H29N3O3S. The Morgan fingerprint density at radius 3 is 2.42 bits per heavy atom. The van der Waals surface area contributed by atoms with Crippen LogP contribution in [0.1, 0.15) is 27.2 Å². The summed E-state index contributed by atoms with van der Waals surface area (Å²) in [6, 6.07) is -0.203. The van der Waals surface area contributed by atoms with E-state index in [1.165, 1.54) is 4.31 Å². The van der Waals surface area contributed by atoms with Crippen LogP contribution in [0, 0.1) is 5.92 Å². The number of rotatable bonds is 11. The molecule has 6 nitrogen and oxygen atoms in total. The standard InChI is InChI=1S/C12H29N3O3S/c1-6-13-8-7-9-15(4)19(16,17)14-12(10-18-5)11(2)3/h11-14H,6-10H2,1-5H3. The lowest BCUT2D eigenvalue weighted by molar-refractivity contribution is 0.156. The van der Waals surface area contributed by atoms with Crippen molar-refractivity contribution in [3.05, 3.63) is 0 Å². The van der Waals surface area contributed by atoms with Gasteiger partial charge in [0.25, 0.3) is 10.2 Å². The first-order chi connectivity index (χ1) is 8.85. The molecule has 1 atom stereocenters. The van der Waals surface area contributed by atoms with Crippen molar-refractivity contribution in [1.82, 2.24) is 14.3 Å². The summed E-state index contributed by atoms with van der Waals surface area (Å²) < 4.78 is 33.3. The quantitative estimate of drug-likeness (QED) is 0.542. The molecule has 0 aromatic heterocycles. The van der Waals surface area contributed by atoms with Gasteiger partial charge in [0.15, 0.2) is 0 Å². The molecular weight excluding hydrogens is 266 g/mol. The molecule has 0 bridgehead atoms. The van der Waals surface area contributed by atoms with E-state index in [4.69, 9.17) is 4.74 Å². The Bertz CT molecular complexity index is 320. The first-order valence-corrected chi connectivity index (χ1v) is 8.22. The van der Waals surface area contributed by atoms with Crippen LogP contribution in [0.3, 0.4) is 0 Å². The molecule has 0 heterocycles. The minimum absolute atomic E-state index is 0.185. The van der Waals surface area contributed by atoms with Crippen LogP contribution in [-0.4, -0.2) is 59.2 Å². The third-order valence-corrected chi connectivity index (χ3v) is 4.54. The van der Waals surface area contributed by atoms with E-state index < -0.39 is 10.2 Å². The smallest absolute Gasteiger partial charge is 0.279 e. The van der Waals surface area contributed by atoms with Crippen LogP contribution in [-0.2, 0) is 14.9 Å². The molecule has 0 aliphatic heterocycles. The Balaban J connectivity index is 4.34. The van der Waals surface area contributed by atoms with E-state index in [-0.39, 0.29) is 12.0 Å². The van der Waals surface area contributed by atoms with Crippen molar-refractivity contribution < 1.29 is 13.2 Å². The molecule has 7 heteroatoms. The molecule has 0 rings (SSSR count). The van der Waals surface area contributed by atoms with E-state index in [9.17, 15) is 8.42 Å². The van der Waals surface area contributed by atoms with E-state index in [2.05, 4.69) is 10.0 Å². The normalized spacial score (nSPS) is 14.3. The lowest BCUT2D eigenvalue weighted by Crippen LogP contribution is -2.48. The van der Waals surface area contributed by atoms with Crippen molar-refractivity contribution in [2.45, 2.75) is 33.2 Å². The topological polar surface area (TPSA) is 70.7 Å². The van der Waals surface area contributed by atoms with Crippen molar-refractivity contribution in [3.8, 4) is 0 Å². The number of nitrogens with one attached hydrogen (secondary N) is 2. The number of ether oxygens (including phenoxy) is 1. The van der Waals surface area contributed by atoms with Crippen molar-refractivity contribution in [2.24, 2.45) is 5.92 Å². The van der Waals surface area contributed by atoms with Gasteiger partial charge in [0.1, 0.15) is 0 Å². The summed E-state index contributed by atoms with van der Waals surface area (Å²) in [6.07, 6.45) is 0.794. The summed E-state index contributed by atoms with van der Waals surface area (Å²) in [7, 11) is -0.269. The van der Waals surface area contributed by atoms with E-state index in [1.54, 1.807) is 14.2 Å². The van der Waals surface area contributed by atoms with Crippen LogP contribution in [0.2, 0.25) is 0 Å². The molecule has 0 amide bonds. The van der Waals surface area contributed by atoms with E-state index in [0.29, 0.717) is 13.2 Å². The van der Waals surface area contributed by atoms with Gasteiger partial charge in [0, 0.05) is 26.7 Å². The van der Waals surface area contributed by atoms with Crippen LogP contribution >= 0.6 is 0 Å². The summed E-state index contributed by atoms with van der Waals surface area (Å²) in [5.74, 6) is 0.185. The molecule has 0 fully saturated rings. The molecule has 2 N–H and O–H groups in total. The van der Waals surface area contributed by atoms with Crippen molar-refractivity contribution in [1.29, 1.82) is 0 Å². The van der Waals surface area contributed by atoms with Crippen molar-refractivity contribution in [2.75, 3.05) is 40.4 Å². The summed E-state index contributed by atoms with van der Waals surface area (Å²) in [4.78, 5) is 0. The monoisotopic (exact) mass is 295 g/mol. The van der Waals surface area contributed by atoms with E-state index in [0.717, 1.165) is 19.5 Å². The summed E-state index contributed by atoms with van der Waals surface area (Å²) in [5, 5.41) is 3.17. The Morgan fingerprint density at radius 2 is 1.95 bits per heavy atom. The number of hydrogen-bond acceptors (Lipinski definition) is 4. The zero-order valence-electron chi connectivity index (χ0n) is 12.8. The molecule has 0 aliphatic carbocycles. The highest BCUT2D eigenvalue weighted by atomic mass is 32.2. The highest BCUT2D eigenvalue weighted by molar-refractivity contribution is 7.87. The Hall–Kier alpha value is -0.210. The third kappa shape index (κ3) is 7.84. The Kier molecular flexibility index (Phi) is 9.55. The maximum atomic E-state index is 12.1. The molecule has 116 valence electrons. The molecule has 0 radical (unpaired) electrons. The van der Waals surface area contributed by atoms with Crippen LogP contribution < -0.4 is 10.0 Å². The van der Waals surface area contributed by atoms with Gasteiger partial charge in [0.2, 0.25) is 0 Å². The van der Waals surface area contributed by atoms with Gasteiger partial charge in [-0.25, -0.2) is 0 Å². The van der Waals surface area contributed by atoms with Gasteiger partial charge in [-0.05, 0) is 25.4 Å². The Labute approximate surface area is 118 Å². The molecule has 0 aliphatic rings. The second-order valence-electron chi connectivity index (χ2n) is 4.96. The predicted molar refractivity (Wildman–Crippen MR) is 78.3 cm³/mol. The van der Waals surface area contributed by atoms with Crippen LogP contribution in [0.5, 0.6) is 0 Å². The minimum atomic E-state index is -3.44. The highest BCUT2D eigenvalue weighted by Gasteiger charge is 2.23. The van der Waals surface area contributed by atoms with Crippen molar-refractivity contribution >= 4 is 10.2 Å². The van der Waals surface area contributed by atoms with Crippen LogP contribution in [0.4, 0.5) is 0 Å². The fourth-order valence-electron chi connectivity index (χ4n) is 1.55. The molecule has 0 saturated heterocycles. The first-order valence-electron chi connectivity index (χ1n) is 6.78. The number of hydrogen-bond donors (Lipinski definition) is 2. The second-order valence-corrected chi connectivity index (χ2v) is 6.77. The zero-order chi connectivity index (χ0) is 14.9. The minimum Gasteiger partial charge on any atom is -0.383 e. The van der Waals surface area contributed by atoms with Crippen LogP contribution in [0.25, 0.3) is 0 Å². The molecule has 1 unspecified atom stereocenters. The van der Waals surface area contributed by atoms with Gasteiger partial charge in [0.05, 0.1) is 6.61 Å². The fourth-order valence-corrected chi connectivity index (χ4v) is 2.82. The number of nitrogens with zero attached hydrogens (tertiary/aromatic N) is 1. The molecule has 0 saturated carbocycles. The third-order valence-electron chi connectivity index (χ3n) is 2.94. The van der Waals surface area contributed by atoms with Crippen molar-refractivity contribution in [3.63, 3.8) is 0 Å². The lowest BCUT2D eigenvalue weighted by atomic mass is 10.1. The average molecular weight is 295 g/mol. The largest absolute Gasteiger partial charge is 0.383 e. The van der Waals surface area contributed by atoms with Gasteiger partial charge in [-0.15, -0.1) is 0 Å². The fraction of sp³-hybridized carbons (Fsp3) is 1.00. The van der Waals surface area contributed by atoms with E-state index in [1.807, 2.05) is 20.8 Å². The average Bonchev–Trinajstić information content (AvgIpc) is 2.33. The van der Waals surface area contributed by atoms with E-state index >= 15 is 0 Å². The van der Waals surface area contributed by atoms with Crippen LogP contribution in [0.15, 0.2) is 0 Å². The van der Waals surface area contributed by atoms with Gasteiger partial charge in [-0.3, -0.25) is 0 Å². The SMILES string of the molecule is CCNCCCN(C)S(=O)(=O)NC(COC)C(C)C. The summed E-state index contributed by atoms with van der Waals surface area (Å²) in [6.45, 7) is 8.57.